The van der Waals surface area contributed by atoms with Gasteiger partial charge in [0.15, 0.2) is 0 Å². The quantitative estimate of drug-likeness (QED) is 0.785. The molecule has 0 spiro atoms. The van der Waals surface area contributed by atoms with Crippen LogP contribution in [0.1, 0.15) is 22.9 Å². The van der Waals surface area contributed by atoms with Crippen molar-refractivity contribution in [1.29, 1.82) is 0 Å². The van der Waals surface area contributed by atoms with Gasteiger partial charge >= 0.3 is 0 Å². The van der Waals surface area contributed by atoms with Crippen molar-refractivity contribution < 1.29 is 4.42 Å². The molecule has 2 heteroatoms. The van der Waals surface area contributed by atoms with E-state index in [2.05, 4.69) is 0 Å². The summed E-state index contributed by atoms with van der Waals surface area (Å²) in [5.41, 5.74) is 8.24. The van der Waals surface area contributed by atoms with E-state index in [-0.39, 0.29) is 6.04 Å². The first kappa shape index (κ1) is 9.03. The summed E-state index contributed by atoms with van der Waals surface area (Å²) in [4.78, 5) is 0. The van der Waals surface area contributed by atoms with E-state index in [0.717, 1.165) is 16.9 Å². The first-order valence-electron chi connectivity index (χ1n) is 4.63. The molecule has 2 nitrogen and oxygen atoms in total. The zero-order valence-corrected chi connectivity index (χ0v) is 8.10. The average molecular weight is 187 g/mol. The summed E-state index contributed by atoms with van der Waals surface area (Å²) in [5, 5.41) is 0. The minimum absolute atomic E-state index is 0.161. The summed E-state index contributed by atoms with van der Waals surface area (Å²) < 4.78 is 5.36. The molecule has 0 aliphatic rings. The van der Waals surface area contributed by atoms with Crippen molar-refractivity contribution in [3.05, 3.63) is 59.5 Å². The van der Waals surface area contributed by atoms with Gasteiger partial charge < -0.3 is 10.2 Å². The SMILES string of the molecule is Cc1ccoc1[C@@H](N)c1ccccc1. The Labute approximate surface area is 83.4 Å². The van der Waals surface area contributed by atoms with Gasteiger partial charge in [0.05, 0.1) is 12.3 Å². The van der Waals surface area contributed by atoms with E-state index in [0.29, 0.717) is 0 Å². The van der Waals surface area contributed by atoms with Gasteiger partial charge in [-0.1, -0.05) is 30.3 Å². The minimum Gasteiger partial charge on any atom is -0.467 e. The first-order chi connectivity index (χ1) is 6.79. The molecular formula is C12H13NO. The van der Waals surface area contributed by atoms with E-state index in [1.54, 1.807) is 6.26 Å². The van der Waals surface area contributed by atoms with Crippen molar-refractivity contribution in [3.8, 4) is 0 Å². The third kappa shape index (κ3) is 1.56. The van der Waals surface area contributed by atoms with Gasteiger partial charge in [0.1, 0.15) is 5.76 Å². The molecule has 1 aromatic carbocycles. The predicted molar refractivity (Wildman–Crippen MR) is 55.9 cm³/mol. The molecule has 1 heterocycles. The Morgan fingerprint density at radius 2 is 1.86 bits per heavy atom. The Morgan fingerprint density at radius 1 is 1.14 bits per heavy atom. The Kier molecular flexibility index (Phi) is 2.37. The number of aryl methyl sites for hydroxylation is 1. The average Bonchev–Trinajstić information content (AvgIpc) is 2.65. The summed E-state index contributed by atoms with van der Waals surface area (Å²) in [6.07, 6.45) is 1.67. The van der Waals surface area contributed by atoms with Crippen molar-refractivity contribution in [2.75, 3.05) is 0 Å². The molecule has 1 aromatic heterocycles. The molecule has 0 radical (unpaired) electrons. The van der Waals surface area contributed by atoms with Crippen molar-refractivity contribution >= 4 is 0 Å². The van der Waals surface area contributed by atoms with Crippen molar-refractivity contribution in [3.63, 3.8) is 0 Å². The van der Waals surface area contributed by atoms with Gasteiger partial charge in [-0.15, -0.1) is 0 Å². The standard InChI is InChI=1S/C12H13NO/c1-9-7-8-14-12(9)11(13)10-5-3-2-4-6-10/h2-8,11H,13H2,1H3/t11-/m0/s1. The van der Waals surface area contributed by atoms with E-state index < -0.39 is 0 Å². The zero-order valence-electron chi connectivity index (χ0n) is 8.10. The molecule has 0 unspecified atom stereocenters. The van der Waals surface area contributed by atoms with E-state index in [9.17, 15) is 0 Å². The van der Waals surface area contributed by atoms with Crippen LogP contribution in [0.2, 0.25) is 0 Å². The van der Waals surface area contributed by atoms with Crippen LogP contribution in [0.5, 0.6) is 0 Å². The molecular weight excluding hydrogens is 174 g/mol. The predicted octanol–water partition coefficient (Wildman–Crippen LogP) is 2.64. The third-order valence-corrected chi connectivity index (χ3v) is 2.34. The van der Waals surface area contributed by atoms with Gasteiger partial charge in [0.2, 0.25) is 0 Å². The molecule has 2 rings (SSSR count). The number of rotatable bonds is 2. The molecule has 0 aliphatic heterocycles. The van der Waals surface area contributed by atoms with Crippen LogP contribution >= 0.6 is 0 Å². The zero-order chi connectivity index (χ0) is 9.97. The second-order valence-corrected chi connectivity index (χ2v) is 3.36. The van der Waals surface area contributed by atoms with Crippen molar-refractivity contribution in [2.45, 2.75) is 13.0 Å². The van der Waals surface area contributed by atoms with Crippen molar-refractivity contribution in [1.82, 2.24) is 0 Å². The maximum absolute atomic E-state index is 6.07. The number of hydrogen-bond donors (Lipinski definition) is 1. The van der Waals surface area contributed by atoms with Crippen LogP contribution in [0, 0.1) is 6.92 Å². The lowest BCUT2D eigenvalue weighted by Crippen LogP contribution is -2.11. The summed E-state index contributed by atoms with van der Waals surface area (Å²) >= 11 is 0. The molecule has 0 fully saturated rings. The highest BCUT2D eigenvalue weighted by atomic mass is 16.3. The van der Waals surface area contributed by atoms with Gasteiger partial charge in [-0.2, -0.15) is 0 Å². The number of furan rings is 1. The fourth-order valence-corrected chi connectivity index (χ4v) is 1.51. The van der Waals surface area contributed by atoms with Gasteiger partial charge in [0, 0.05) is 0 Å². The summed E-state index contributed by atoms with van der Waals surface area (Å²) in [7, 11) is 0. The van der Waals surface area contributed by atoms with E-state index in [1.165, 1.54) is 0 Å². The number of hydrogen-bond acceptors (Lipinski definition) is 2. The molecule has 14 heavy (non-hydrogen) atoms. The highest BCUT2D eigenvalue weighted by Gasteiger charge is 2.13. The number of nitrogens with two attached hydrogens (primary N) is 1. The lowest BCUT2D eigenvalue weighted by atomic mass is 10.0. The van der Waals surface area contributed by atoms with Crippen LogP contribution in [-0.2, 0) is 0 Å². The Morgan fingerprint density at radius 3 is 2.43 bits per heavy atom. The summed E-state index contributed by atoms with van der Waals surface area (Å²) in [6, 6.07) is 11.7. The Balaban J connectivity index is 2.34. The Hall–Kier alpha value is -1.54. The topological polar surface area (TPSA) is 39.2 Å². The molecule has 2 aromatic rings. The van der Waals surface area contributed by atoms with Crippen LogP contribution in [0.25, 0.3) is 0 Å². The fraction of sp³-hybridized carbons (Fsp3) is 0.167. The highest BCUT2D eigenvalue weighted by molar-refractivity contribution is 5.29. The normalized spacial score (nSPS) is 12.7. The van der Waals surface area contributed by atoms with Crippen molar-refractivity contribution in [2.24, 2.45) is 5.73 Å². The van der Waals surface area contributed by atoms with Gasteiger partial charge in [-0.25, -0.2) is 0 Å². The molecule has 0 amide bonds. The van der Waals surface area contributed by atoms with Gasteiger partial charge in [-0.3, -0.25) is 0 Å². The smallest absolute Gasteiger partial charge is 0.127 e. The molecule has 0 saturated heterocycles. The lowest BCUT2D eigenvalue weighted by Gasteiger charge is -2.09. The van der Waals surface area contributed by atoms with Crippen LogP contribution < -0.4 is 5.73 Å². The summed E-state index contributed by atoms with van der Waals surface area (Å²) in [5.74, 6) is 0.844. The van der Waals surface area contributed by atoms with Gasteiger partial charge in [0.25, 0.3) is 0 Å². The molecule has 72 valence electrons. The molecule has 2 N–H and O–H groups in total. The van der Waals surface area contributed by atoms with Crippen LogP contribution in [0.15, 0.2) is 47.1 Å². The van der Waals surface area contributed by atoms with E-state index in [1.807, 2.05) is 43.3 Å². The van der Waals surface area contributed by atoms with E-state index in [4.69, 9.17) is 10.2 Å². The van der Waals surface area contributed by atoms with E-state index >= 15 is 0 Å². The molecule has 0 bridgehead atoms. The van der Waals surface area contributed by atoms with Crippen LogP contribution in [0.4, 0.5) is 0 Å². The highest BCUT2D eigenvalue weighted by Crippen LogP contribution is 2.22. The second kappa shape index (κ2) is 3.68. The second-order valence-electron chi connectivity index (χ2n) is 3.36. The summed E-state index contributed by atoms with van der Waals surface area (Å²) in [6.45, 7) is 2.00. The maximum atomic E-state index is 6.07. The largest absolute Gasteiger partial charge is 0.467 e. The third-order valence-electron chi connectivity index (χ3n) is 2.34. The van der Waals surface area contributed by atoms with Crippen LogP contribution in [-0.4, -0.2) is 0 Å². The van der Waals surface area contributed by atoms with Crippen LogP contribution in [0.3, 0.4) is 0 Å². The maximum Gasteiger partial charge on any atom is 0.127 e. The monoisotopic (exact) mass is 187 g/mol. The lowest BCUT2D eigenvalue weighted by molar-refractivity contribution is 0.487. The van der Waals surface area contributed by atoms with Gasteiger partial charge in [-0.05, 0) is 24.1 Å². The number of benzene rings is 1. The molecule has 1 atom stereocenters. The fourth-order valence-electron chi connectivity index (χ4n) is 1.51. The molecule has 0 aliphatic carbocycles. The Bertz CT molecular complexity index is 405. The minimum atomic E-state index is -0.161. The first-order valence-corrected chi connectivity index (χ1v) is 4.63. The molecule has 0 saturated carbocycles.